The van der Waals surface area contributed by atoms with Crippen molar-refractivity contribution < 1.29 is 14.4 Å². The maximum atomic E-state index is 12.3. The maximum Gasteiger partial charge on any atom is 0.262 e. The Hall–Kier alpha value is -3.71. The van der Waals surface area contributed by atoms with E-state index in [-0.39, 0.29) is 23.6 Å². The topological polar surface area (TPSA) is 99.4 Å². The number of likely N-dealkylation sites (tertiary alicyclic amines) is 1. The molecule has 1 amide bonds. The molecule has 3 heterocycles. The molecule has 0 spiro atoms. The third kappa shape index (κ3) is 2.74. The fourth-order valence-corrected chi connectivity index (χ4v) is 4.01. The van der Waals surface area contributed by atoms with Crippen LogP contribution >= 0.6 is 0 Å². The number of hydrogen-bond acceptors (Lipinski definition) is 5. The Morgan fingerprint density at radius 2 is 1.87 bits per heavy atom. The lowest BCUT2D eigenvalue weighted by molar-refractivity contribution is -0.144. The SMILES string of the molecule is CN1CC[C@@](O)(c2cc(-c3cccc(-c4cccc5c(=O)[nH]ccc45)c3)no2)C1=O. The van der Waals surface area contributed by atoms with Crippen molar-refractivity contribution in [1.29, 1.82) is 0 Å². The normalized spacial score (nSPS) is 19.0. The van der Waals surface area contributed by atoms with E-state index in [1.165, 1.54) is 4.90 Å². The number of aromatic nitrogens is 2. The molecule has 2 N–H and O–H groups in total. The number of aliphatic hydroxyl groups is 1. The Bertz CT molecular complexity index is 1340. The first-order valence-electron chi connectivity index (χ1n) is 9.64. The monoisotopic (exact) mass is 401 g/mol. The van der Waals surface area contributed by atoms with Gasteiger partial charge in [-0.3, -0.25) is 9.59 Å². The van der Waals surface area contributed by atoms with E-state index < -0.39 is 5.60 Å². The molecule has 0 unspecified atom stereocenters. The number of carbonyl (C=O) groups is 1. The zero-order valence-corrected chi connectivity index (χ0v) is 16.3. The van der Waals surface area contributed by atoms with E-state index in [0.29, 0.717) is 17.6 Å². The summed E-state index contributed by atoms with van der Waals surface area (Å²) < 4.78 is 5.36. The van der Waals surface area contributed by atoms with Crippen LogP contribution in [0.3, 0.4) is 0 Å². The number of hydrogen-bond donors (Lipinski definition) is 2. The van der Waals surface area contributed by atoms with Crippen LogP contribution in [-0.2, 0) is 10.4 Å². The number of nitrogens with zero attached hydrogens (tertiary/aromatic N) is 2. The summed E-state index contributed by atoms with van der Waals surface area (Å²) in [6, 6.07) is 16.8. The van der Waals surface area contributed by atoms with Gasteiger partial charge in [0.25, 0.3) is 11.5 Å². The van der Waals surface area contributed by atoms with Crippen molar-refractivity contribution in [3.05, 3.63) is 76.9 Å². The molecule has 30 heavy (non-hydrogen) atoms. The third-order valence-electron chi connectivity index (χ3n) is 5.71. The van der Waals surface area contributed by atoms with Crippen LogP contribution in [0.2, 0.25) is 0 Å². The maximum absolute atomic E-state index is 12.3. The van der Waals surface area contributed by atoms with Gasteiger partial charge in [0.2, 0.25) is 5.60 Å². The van der Waals surface area contributed by atoms with Crippen LogP contribution in [0.15, 0.2) is 70.1 Å². The van der Waals surface area contributed by atoms with Crippen molar-refractivity contribution >= 4 is 16.7 Å². The van der Waals surface area contributed by atoms with Gasteiger partial charge in [-0.25, -0.2) is 0 Å². The van der Waals surface area contributed by atoms with E-state index in [9.17, 15) is 14.7 Å². The quantitative estimate of drug-likeness (QED) is 0.550. The number of aromatic amines is 1. The minimum absolute atomic E-state index is 0.133. The van der Waals surface area contributed by atoms with Gasteiger partial charge in [-0.2, -0.15) is 0 Å². The van der Waals surface area contributed by atoms with Gasteiger partial charge in [-0.05, 0) is 34.7 Å². The van der Waals surface area contributed by atoms with Crippen LogP contribution in [0.25, 0.3) is 33.2 Å². The van der Waals surface area contributed by atoms with Crippen LogP contribution in [0.4, 0.5) is 0 Å². The summed E-state index contributed by atoms with van der Waals surface area (Å²) in [6.07, 6.45) is 1.90. The average Bonchev–Trinajstić information content (AvgIpc) is 3.36. The van der Waals surface area contributed by atoms with Crippen LogP contribution in [0, 0.1) is 0 Å². The van der Waals surface area contributed by atoms with Gasteiger partial charge in [0.15, 0.2) is 5.76 Å². The van der Waals surface area contributed by atoms with Gasteiger partial charge in [0.05, 0.1) is 0 Å². The fraction of sp³-hybridized carbons (Fsp3) is 0.174. The van der Waals surface area contributed by atoms with Gasteiger partial charge in [0.1, 0.15) is 5.69 Å². The van der Waals surface area contributed by atoms with Crippen LogP contribution in [0.1, 0.15) is 12.2 Å². The van der Waals surface area contributed by atoms with Crippen molar-refractivity contribution in [1.82, 2.24) is 15.0 Å². The molecule has 150 valence electrons. The van der Waals surface area contributed by atoms with E-state index in [1.54, 1.807) is 25.4 Å². The Kier molecular flexibility index (Phi) is 4.08. The number of H-pyrrole nitrogens is 1. The second-order valence-electron chi connectivity index (χ2n) is 7.57. The van der Waals surface area contributed by atoms with Gasteiger partial charge in [-0.1, -0.05) is 35.5 Å². The number of likely N-dealkylation sites (N-methyl/N-ethyl adjacent to an activating group) is 1. The van der Waals surface area contributed by atoms with Crippen molar-refractivity contribution in [2.24, 2.45) is 0 Å². The number of rotatable bonds is 3. The van der Waals surface area contributed by atoms with Gasteiger partial charge < -0.3 is 19.5 Å². The molecule has 2 aromatic carbocycles. The summed E-state index contributed by atoms with van der Waals surface area (Å²) in [5.41, 5.74) is 1.35. The van der Waals surface area contributed by atoms with Crippen molar-refractivity contribution in [2.75, 3.05) is 13.6 Å². The largest absolute Gasteiger partial charge is 0.373 e. The first kappa shape index (κ1) is 18.3. The molecule has 1 saturated heterocycles. The van der Waals surface area contributed by atoms with E-state index in [1.807, 2.05) is 42.5 Å². The van der Waals surface area contributed by atoms with Crippen LogP contribution in [0.5, 0.6) is 0 Å². The smallest absolute Gasteiger partial charge is 0.262 e. The Labute approximate surface area is 171 Å². The predicted octanol–water partition coefficient (Wildman–Crippen LogP) is 2.90. The second-order valence-corrected chi connectivity index (χ2v) is 7.57. The first-order valence-corrected chi connectivity index (χ1v) is 9.64. The average molecular weight is 401 g/mol. The molecule has 4 aromatic rings. The Balaban J connectivity index is 1.56. The van der Waals surface area contributed by atoms with E-state index in [0.717, 1.165) is 22.1 Å². The zero-order chi connectivity index (χ0) is 20.9. The summed E-state index contributed by atoms with van der Waals surface area (Å²) in [6.45, 7) is 0.459. The highest BCUT2D eigenvalue weighted by Gasteiger charge is 2.48. The molecule has 5 rings (SSSR count). The zero-order valence-electron chi connectivity index (χ0n) is 16.3. The molecular formula is C23H19N3O4. The number of carbonyl (C=O) groups excluding carboxylic acids is 1. The molecule has 7 heteroatoms. The van der Waals surface area contributed by atoms with Gasteiger partial charge in [0, 0.05) is 43.2 Å². The minimum atomic E-state index is -1.67. The van der Waals surface area contributed by atoms with Crippen LogP contribution in [-0.4, -0.2) is 39.6 Å². The van der Waals surface area contributed by atoms with E-state index in [4.69, 9.17) is 4.52 Å². The summed E-state index contributed by atoms with van der Waals surface area (Å²) in [5.74, 6) is -0.242. The van der Waals surface area contributed by atoms with E-state index >= 15 is 0 Å². The second kappa shape index (κ2) is 6.67. The molecule has 0 bridgehead atoms. The molecule has 1 aliphatic heterocycles. The molecule has 0 aliphatic carbocycles. The lowest BCUT2D eigenvalue weighted by Gasteiger charge is -2.16. The third-order valence-corrected chi connectivity index (χ3v) is 5.71. The highest BCUT2D eigenvalue weighted by atomic mass is 16.5. The predicted molar refractivity (Wildman–Crippen MR) is 112 cm³/mol. The Morgan fingerprint density at radius 1 is 1.07 bits per heavy atom. The van der Waals surface area contributed by atoms with Gasteiger partial charge in [-0.15, -0.1) is 0 Å². The number of nitrogens with one attached hydrogen (secondary N) is 1. The van der Waals surface area contributed by atoms with Gasteiger partial charge >= 0.3 is 0 Å². The summed E-state index contributed by atoms with van der Waals surface area (Å²) in [7, 11) is 1.65. The highest BCUT2D eigenvalue weighted by molar-refractivity contribution is 5.96. The molecule has 0 saturated carbocycles. The minimum Gasteiger partial charge on any atom is -0.373 e. The lowest BCUT2D eigenvalue weighted by Crippen LogP contribution is -2.35. The Morgan fingerprint density at radius 3 is 2.67 bits per heavy atom. The standard InChI is InChI=1S/C23H19N3O4/c1-26-11-9-23(29,22(26)28)20-13-19(25-30-20)15-5-2-4-14(12-15)16-6-3-7-18-17(16)8-10-24-21(18)27/h2-8,10,12-13,29H,9,11H2,1H3,(H,24,27)/t23-/m1/s1. The first-order chi connectivity index (χ1) is 14.5. The van der Waals surface area contributed by atoms with Crippen molar-refractivity contribution in [3.63, 3.8) is 0 Å². The number of fused-ring (bicyclic) bond motifs is 1. The number of pyridine rings is 1. The summed E-state index contributed by atoms with van der Waals surface area (Å²) in [4.78, 5) is 28.6. The fourth-order valence-electron chi connectivity index (χ4n) is 4.01. The van der Waals surface area contributed by atoms with Crippen molar-refractivity contribution in [3.8, 4) is 22.4 Å². The number of benzene rings is 2. The summed E-state index contributed by atoms with van der Waals surface area (Å²) >= 11 is 0. The molecule has 0 radical (unpaired) electrons. The molecular weight excluding hydrogens is 382 g/mol. The lowest BCUT2D eigenvalue weighted by atomic mass is 9.96. The van der Waals surface area contributed by atoms with E-state index in [2.05, 4.69) is 10.1 Å². The molecule has 1 atom stereocenters. The molecule has 7 nitrogen and oxygen atoms in total. The van der Waals surface area contributed by atoms with Crippen LogP contribution < -0.4 is 5.56 Å². The summed E-state index contributed by atoms with van der Waals surface area (Å²) in [5, 5.41) is 16.3. The molecule has 1 aliphatic rings. The van der Waals surface area contributed by atoms with Crippen molar-refractivity contribution in [2.45, 2.75) is 12.0 Å². The molecule has 2 aromatic heterocycles. The molecule has 1 fully saturated rings. The number of amides is 1. The highest BCUT2D eigenvalue weighted by Crippen LogP contribution is 2.36.